The molecular formula is C14H28N2O. The summed E-state index contributed by atoms with van der Waals surface area (Å²) < 4.78 is 0. The van der Waals surface area contributed by atoms with Crippen molar-refractivity contribution in [2.75, 3.05) is 0 Å². The van der Waals surface area contributed by atoms with Crippen molar-refractivity contribution in [2.24, 2.45) is 11.1 Å². The lowest BCUT2D eigenvalue weighted by Gasteiger charge is -2.36. The van der Waals surface area contributed by atoms with E-state index in [4.69, 9.17) is 5.73 Å². The molecule has 1 saturated carbocycles. The minimum atomic E-state index is -0.707. The van der Waals surface area contributed by atoms with E-state index >= 15 is 0 Å². The van der Waals surface area contributed by atoms with Crippen molar-refractivity contribution in [1.29, 1.82) is 0 Å². The molecule has 3 N–H and O–H groups in total. The van der Waals surface area contributed by atoms with Gasteiger partial charge >= 0.3 is 0 Å². The Morgan fingerprint density at radius 3 is 2.41 bits per heavy atom. The van der Waals surface area contributed by atoms with Crippen LogP contribution >= 0.6 is 0 Å². The van der Waals surface area contributed by atoms with E-state index in [0.29, 0.717) is 11.5 Å². The molecule has 1 aliphatic rings. The van der Waals surface area contributed by atoms with E-state index in [0.717, 1.165) is 25.7 Å². The molecule has 100 valence electrons. The number of carbonyl (C=O) groups is 1. The zero-order chi connectivity index (χ0) is 13.1. The van der Waals surface area contributed by atoms with Gasteiger partial charge in [0.2, 0.25) is 5.91 Å². The van der Waals surface area contributed by atoms with Crippen LogP contribution in [0.15, 0.2) is 0 Å². The quantitative estimate of drug-likeness (QED) is 0.793. The second kappa shape index (κ2) is 5.38. The van der Waals surface area contributed by atoms with Gasteiger partial charge in [0, 0.05) is 6.04 Å². The van der Waals surface area contributed by atoms with Crippen LogP contribution in [0.25, 0.3) is 0 Å². The number of carbonyl (C=O) groups excluding carboxylic acids is 1. The molecule has 0 aliphatic heterocycles. The molecule has 0 saturated heterocycles. The van der Waals surface area contributed by atoms with Crippen molar-refractivity contribution in [2.45, 2.75) is 77.8 Å². The van der Waals surface area contributed by atoms with Crippen molar-refractivity contribution < 1.29 is 4.79 Å². The zero-order valence-electron chi connectivity index (χ0n) is 11.8. The third kappa shape index (κ3) is 4.30. The molecule has 17 heavy (non-hydrogen) atoms. The minimum absolute atomic E-state index is 0.0176. The number of nitrogens with two attached hydrogens (primary N) is 1. The maximum Gasteiger partial charge on any atom is 0.240 e. The van der Waals surface area contributed by atoms with Crippen LogP contribution in [0.5, 0.6) is 0 Å². The zero-order valence-corrected chi connectivity index (χ0v) is 11.8. The summed E-state index contributed by atoms with van der Waals surface area (Å²) in [5, 5.41) is 3.12. The molecule has 1 rings (SSSR count). The second-order valence-corrected chi connectivity index (χ2v) is 6.58. The van der Waals surface area contributed by atoms with Crippen LogP contribution in [0.2, 0.25) is 0 Å². The van der Waals surface area contributed by atoms with E-state index in [2.05, 4.69) is 26.1 Å². The molecule has 0 heterocycles. The highest BCUT2D eigenvalue weighted by Crippen LogP contribution is 2.35. The molecule has 0 aromatic rings. The fourth-order valence-electron chi connectivity index (χ4n) is 2.53. The predicted molar refractivity (Wildman–Crippen MR) is 71.7 cm³/mol. The summed E-state index contributed by atoms with van der Waals surface area (Å²) in [5.74, 6) is 0.0176. The van der Waals surface area contributed by atoms with E-state index in [1.807, 2.05) is 6.92 Å². The fourth-order valence-corrected chi connectivity index (χ4v) is 2.53. The minimum Gasteiger partial charge on any atom is -0.352 e. The van der Waals surface area contributed by atoms with Gasteiger partial charge in [0.05, 0.1) is 5.54 Å². The molecule has 1 atom stereocenters. The van der Waals surface area contributed by atoms with Crippen LogP contribution in [0.1, 0.15) is 66.2 Å². The maximum absolute atomic E-state index is 12.0. The highest BCUT2D eigenvalue weighted by Gasteiger charge is 2.32. The van der Waals surface area contributed by atoms with Gasteiger partial charge in [-0.05, 0) is 44.4 Å². The number of hydrogen-bond donors (Lipinski definition) is 2. The average molecular weight is 240 g/mol. The predicted octanol–water partition coefficient (Wildman–Crippen LogP) is 2.59. The number of rotatable bonds is 4. The van der Waals surface area contributed by atoms with Crippen molar-refractivity contribution in [3.63, 3.8) is 0 Å². The largest absolute Gasteiger partial charge is 0.352 e. The molecule has 3 heteroatoms. The topological polar surface area (TPSA) is 55.1 Å². The molecule has 0 aromatic carbocycles. The van der Waals surface area contributed by atoms with Crippen LogP contribution in [-0.4, -0.2) is 17.5 Å². The normalized spacial score (nSPS) is 24.1. The Morgan fingerprint density at radius 1 is 1.41 bits per heavy atom. The van der Waals surface area contributed by atoms with Gasteiger partial charge in [-0.15, -0.1) is 0 Å². The first-order valence-electron chi connectivity index (χ1n) is 6.87. The first kappa shape index (κ1) is 14.5. The summed E-state index contributed by atoms with van der Waals surface area (Å²) in [4.78, 5) is 12.0. The maximum atomic E-state index is 12.0. The van der Waals surface area contributed by atoms with Gasteiger partial charge < -0.3 is 11.1 Å². The van der Waals surface area contributed by atoms with E-state index < -0.39 is 5.54 Å². The third-order valence-corrected chi connectivity index (χ3v) is 3.96. The van der Waals surface area contributed by atoms with Gasteiger partial charge in [0.1, 0.15) is 0 Å². The highest BCUT2D eigenvalue weighted by molar-refractivity contribution is 5.85. The van der Waals surface area contributed by atoms with Crippen molar-refractivity contribution in [3.05, 3.63) is 0 Å². The molecule has 0 radical (unpaired) electrons. The summed E-state index contributed by atoms with van der Waals surface area (Å²) in [6.45, 7) is 8.49. The van der Waals surface area contributed by atoms with Crippen molar-refractivity contribution in [1.82, 2.24) is 5.32 Å². The van der Waals surface area contributed by atoms with Crippen molar-refractivity contribution >= 4 is 5.91 Å². The van der Waals surface area contributed by atoms with Gasteiger partial charge in [0.25, 0.3) is 0 Å². The Kier molecular flexibility index (Phi) is 4.59. The lowest BCUT2D eigenvalue weighted by Crippen LogP contribution is -2.54. The van der Waals surface area contributed by atoms with Gasteiger partial charge in [-0.3, -0.25) is 4.79 Å². The Balaban J connectivity index is 2.43. The smallest absolute Gasteiger partial charge is 0.240 e. The summed E-state index contributed by atoms with van der Waals surface area (Å²) in [5.41, 5.74) is 5.76. The molecule has 1 aliphatic carbocycles. The van der Waals surface area contributed by atoms with Crippen LogP contribution in [0.4, 0.5) is 0 Å². The molecule has 0 aromatic heterocycles. The first-order valence-corrected chi connectivity index (χ1v) is 6.87. The van der Waals surface area contributed by atoms with Gasteiger partial charge in [-0.2, -0.15) is 0 Å². The van der Waals surface area contributed by atoms with Crippen LogP contribution in [0.3, 0.4) is 0 Å². The Morgan fingerprint density at radius 2 is 1.94 bits per heavy atom. The van der Waals surface area contributed by atoms with E-state index in [1.165, 1.54) is 12.8 Å². The molecule has 3 nitrogen and oxygen atoms in total. The molecule has 0 bridgehead atoms. The highest BCUT2D eigenvalue weighted by atomic mass is 16.2. The Labute approximate surface area is 106 Å². The summed E-state index contributed by atoms with van der Waals surface area (Å²) in [6, 6.07) is 0.329. The lowest BCUT2D eigenvalue weighted by molar-refractivity contribution is -0.127. The molecular weight excluding hydrogens is 212 g/mol. The average Bonchev–Trinajstić information content (AvgIpc) is 2.21. The standard InChI is InChI=1S/C14H28N2O/c1-5-8-14(4,15)12(17)16-11-6-9-13(2,3)10-7-11/h11H,5-10,15H2,1-4H3,(H,16,17). The van der Waals surface area contributed by atoms with E-state index in [9.17, 15) is 4.79 Å². The van der Waals surface area contributed by atoms with Crippen LogP contribution in [0, 0.1) is 5.41 Å². The number of nitrogens with one attached hydrogen (secondary N) is 1. The van der Waals surface area contributed by atoms with E-state index in [1.54, 1.807) is 0 Å². The third-order valence-electron chi connectivity index (χ3n) is 3.96. The summed E-state index contributed by atoms with van der Waals surface area (Å²) in [6.07, 6.45) is 6.23. The first-order chi connectivity index (χ1) is 7.77. The molecule has 1 fully saturated rings. The van der Waals surface area contributed by atoms with Gasteiger partial charge in [0.15, 0.2) is 0 Å². The molecule has 0 spiro atoms. The molecule has 1 amide bonds. The summed E-state index contributed by atoms with van der Waals surface area (Å²) in [7, 11) is 0. The molecule has 1 unspecified atom stereocenters. The van der Waals surface area contributed by atoms with Crippen molar-refractivity contribution in [3.8, 4) is 0 Å². The number of amides is 1. The Bertz CT molecular complexity index is 261. The second-order valence-electron chi connectivity index (χ2n) is 6.58. The SMILES string of the molecule is CCCC(C)(N)C(=O)NC1CCC(C)(C)CC1. The van der Waals surface area contributed by atoms with Gasteiger partial charge in [-0.25, -0.2) is 0 Å². The lowest BCUT2D eigenvalue weighted by atomic mass is 9.75. The van der Waals surface area contributed by atoms with Crippen LogP contribution < -0.4 is 11.1 Å². The fraction of sp³-hybridized carbons (Fsp3) is 0.929. The summed E-state index contributed by atoms with van der Waals surface area (Å²) >= 11 is 0. The van der Waals surface area contributed by atoms with Crippen LogP contribution in [-0.2, 0) is 4.79 Å². The van der Waals surface area contributed by atoms with E-state index in [-0.39, 0.29) is 5.91 Å². The Hall–Kier alpha value is -0.570. The van der Waals surface area contributed by atoms with Gasteiger partial charge in [-0.1, -0.05) is 27.2 Å². The number of hydrogen-bond acceptors (Lipinski definition) is 2. The monoisotopic (exact) mass is 240 g/mol.